The van der Waals surface area contributed by atoms with E-state index in [2.05, 4.69) is 6.92 Å². The predicted molar refractivity (Wildman–Crippen MR) is 176 cm³/mol. The quantitative estimate of drug-likeness (QED) is 0.121. The number of unbranched alkanes of at least 4 members (excludes halogenated alkanes) is 10. The molecule has 3 fully saturated rings. The Morgan fingerprint density at radius 3 is 1.67 bits per heavy atom. The van der Waals surface area contributed by atoms with E-state index in [0.29, 0.717) is 29.6 Å². The van der Waals surface area contributed by atoms with Crippen molar-refractivity contribution in [2.45, 2.75) is 146 Å². The number of esters is 2. The molecule has 2 unspecified atom stereocenters. The molecule has 5 rings (SSSR count). The minimum Gasteiger partial charge on any atom is -1.00 e. The summed E-state index contributed by atoms with van der Waals surface area (Å²) in [4.78, 5) is 28.0. The van der Waals surface area contributed by atoms with E-state index in [1.165, 1.54) is 94.6 Å². The standard InChI is InChI=1S/C39H56NO4.ClH/c1-2-3-4-5-6-7-8-9-10-11-18-25-37(41)44-39(32-21-14-12-15-22-32,33-23-16-13-17-24-33)38(42)43-36-30-34-26-27-35(31-36)40(34)28-19-20-29-40;/h12-17,21-24,34-36H,2-11,18-20,25-31H2,1H3;1H/q+1;/p-1. The van der Waals surface area contributed by atoms with Gasteiger partial charge in [0, 0.05) is 56.1 Å². The van der Waals surface area contributed by atoms with Crippen LogP contribution >= 0.6 is 0 Å². The Labute approximate surface area is 278 Å². The summed E-state index contributed by atoms with van der Waals surface area (Å²) < 4.78 is 14.0. The lowest BCUT2D eigenvalue weighted by atomic mass is 9.85. The molecule has 45 heavy (non-hydrogen) atoms. The van der Waals surface area contributed by atoms with E-state index >= 15 is 0 Å². The molecular weight excluding hydrogens is 582 g/mol. The van der Waals surface area contributed by atoms with Crippen LogP contribution in [0.3, 0.4) is 0 Å². The molecule has 3 heterocycles. The number of quaternary nitrogens is 1. The molecule has 2 bridgehead atoms. The van der Waals surface area contributed by atoms with Crippen molar-refractivity contribution in [1.82, 2.24) is 0 Å². The van der Waals surface area contributed by atoms with Crippen molar-refractivity contribution in [2.24, 2.45) is 0 Å². The lowest BCUT2D eigenvalue weighted by molar-refractivity contribution is -0.956. The smallest absolute Gasteiger partial charge is 0.360 e. The van der Waals surface area contributed by atoms with Gasteiger partial charge in [-0.3, -0.25) is 4.79 Å². The monoisotopic (exact) mass is 637 g/mol. The summed E-state index contributed by atoms with van der Waals surface area (Å²) in [6.45, 7) is 4.82. The van der Waals surface area contributed by atoms with Gasteiger partial charge in [0.2, 0.25) is 0 Å². The third kappa shape index (κ3) is 8.51. The number of carbonyl (C=O) groups is 2. The number of piperidine rings is 1. The number of carbonyl (C=O) groups excluding carboxylic acids is 2. The maximum absolute atomic E-state index is 14.5. The van der Waals surface area contributed by atoms with Crippen LogP contribution in [0.25, 0.3) is 0 Å². The highest BCUT2D eigenvalue weighted by molar-refractivity contribution is 5.89. The van der Waals surface area contributed by atoms with Gasteiger partial charge in [-0.05, 0) is 6.42 Å². The van der Waals surface area contributed by atoms with Crippen molar-refractivity contribution in [1.29, 1.82) is 0 Å². The molecule has 0 aliphatic carbocycles. The molecule has 2 aromatic carbocycles. The number of ether oxygens (including phenoxy) is 2. The number of rotatable bonds is 17. The minimum absolute atomic E-state index is 0. The number of nitrogens with zero attached hydrogens (tertiary/aromatic N) is 1. The van der Waals surface area contributed by atoms with Crippen molar-refractivity contribution >= 4 is 11.9 Å². The highest BCUT2D eigenvalue weighted by Gasteiger charge is 2.57. The zero-order valence-electron chi connectivity index (χ0n) is 27.6. The van der Waals surface area contributed by atoms with Crippen LogP contribution in [0, 0.1) is 0 Å². The lowest BCUT2D eigenvalue weighted by Gasteiger charge is -2.47. The van der Waals surface area contributed by atoms with Crippen LogP contribution in [0.1, 0.15) is 134 Å². The first-order chi connectivity index (χ1) is 21.6. The number of benzene rings is 2. The van der Waals surface area contributed by atoms with Crippen molar-refractivity contribution in [3.63, 3.8) is 0 Å². The number of hydrogen-bond acceptors (Lipinski definition) is 4. The van der Waals surface area contributed by atoms with Crippen LogP contribution in [-0.4, -0.2) is 47.7 Å². The topological polar surface area (TPSA) is 52.6 Å². The average molecular weight is 638 g/mol. The summed E-state index contributed by atoms with van der Waals surface area (Å²) >= 11 is 0. The Morgan fingerprint density at radius 1 is 0.711 bits per heavy atom. The predicted octanol–water partition coefficient (Wildman–Crippen LogP) is 6.03. The van der Waals surface area contributed by atoms with Crippen molar-refractivity contribution < 1.29 is 36.0 Å². The summed E-state index contributed by atoms with van der Waals surface area (Å²) in [6.07, 6.45) is 20.5. The van der Waals surface area contributed by atoms with Gasteiger partial charge in [0.1, 0.15) is 6.10 Å². The third-order valence-electron chi connectivity index (χ3n) is 10.9. The van der Waals surface area contributed by atoms with Crippen molar-refractivity contribution in [3.05, 3.63) is 71.8 Å². The van der Waals surface area contributed by atoms with Crippen LogP contribution in [-0.2, 0) is 24.7 Å². The summed E-state index contributed by atoms with van der Waals surface area (Å²) in [5.74, 6) is -0.794. The Bertz CT molecular complexity index is 1110. The maximum Gasteiger partial charge on any atom is 0.360 e. The van der Waals surface area contributed by atoms with Gasteiger partial charge in [0.05, 0.1) is 25.2 Å². The number of hydrogen-bond donors (Lipinski definition) is 0. The van der Waals surface area contributed by atoms with Gasteiger partial charge in [-0.15, -0.1) is 0 Å². The molecule has 0 radical (unpaired) electrons. The SMILES string of the molecule is CCCCCCCCCCCCCC(=O)OC(C(=O)OC1CC2CCC(C1)[N+]21CCCC1)(c1ccccc1)c1ccccc1.[Cl-]. The van der Waals surface area contributed by atoms with Crippen LogP contribution in [0.15, 0.2) is 60.7 Å². The normalized spacial score (nSPS) is 21.8. The fraction of sp³-hybridized carbons (Fsp3) is 0.641. The minimum atomic E-state index is -1.62. The zero-order valence-corrected chi connectivity index (χ0v) is 28.4. The summed E-state index contributed by atoms with van der Waals surface area (Å²) in [7, 11) is 0. The second-order valence-corrected chi connectivity index (χ2v) is 13.8. The van der Waals surface area contributed by atoms with Gasteiger partial charge in [-0.2, -0.15) is 0 Å². The Morgan fingerprint density at radius 2 is 1.18 bits per heavy atom. The van der Waals surface area contributed by atoms with Gasteiger partial charge in [-0.1, -0.05) is 132 Å². The molecule has 0 amide bonds. The molecule has 0 aromatic heterocycles. The second kappa shape index (κ2) is 17.5. The molecule has 248 valence electrons. The van der Waals surface area contributed by atoms with Crippen LogP contribution in [0.2, 0.25) is 0 Å². The molecule has 5 nitrogen and oxygen atoms in total. The molecule has 3 aliphatic rings. The second-order valence-electron chi connectivity index (χ2n) is 13.8. The molecule has 2 atom stereocenters. The van der Waals surface area contributed by atoms with E-state index in [4.69, 9.17) is 9.47 Å². The van der Waals surface area contributed by atoms with Crippen LogP contribution in [0.4, 0.5) is 0 Å². The molecule has 6 heteroatoms. The first-order valence-corrected chi connectivity index (χ1v) is 18.0. The van der Waals surface area contributed by atoms with Crippen molar-refractivity contribution in [2.75, 3.05) is 13.1 Å². The molecule has 0 saturated carbocycles. The Hall–Kier alpha value is -2.37. The zero-order chi connectivity index (χ0) is 30.7. The molecule has 2 aromatic rings. The molecule has 0 N–H and O–H groups in total. The average Bonchev–Trinajstić information content (AvgIpc) is 3.59. The van der Waals surface area contributed by atoms with E-state index in [-0.39, 0.29) is 24.5 Å². The Balaban J connectivity index is 0.00000461. The first-order valence-electron chi connectivity index (χ1n) is 18.0. The van der Waals surface area contributed by atoms with E-state index in [9.17, 15) is 9.59 Å². The van der Waals surface area contributed by atoms with Crippen LogP contribution in [0.5, 0.6) is 0 Å². The first kappa shape index (κ1) is 35.5. The maximum atomic E-state index is 14.5. The summed E-state index contributed by atoms with van der Waals surface area (Å²) in [5.41, 5.74) is -0.330. The van der Waals surface area contributed by atoms with Gasteiger partial charge in [0.25, 0.3) is 5.60 Å². The van der Waals surface area contributed by atoms with Gasteiger partial charge in [0.15, 0.2) is 0 Å². The van der Waals surface area contributed by atoms with Gasteiger partial charge in [-0.25, -0.2) is 4.79 Å². The summed E-state index contributed by atoms with van der Waals surface area (Å²) in [5, 5.41) is 0. The van der Waals surface area contributed by atoms with Crippen molar-refractivity contribution in [3.8, 4) is 0 Å². The fourth-order valence-corrected chi connectivity index (χ4v) is 8.60. The van der Waals surface area contributed by atoms with Crippen LogP contribution < -0.4 is 12.4 Å². The van der Waals surface area contributed by atoms with E-state index < -0.39 is 11.6 Å². The van der Waals surface area contributed by atoms with E-state index in [0.717, 1.165) is 32.1 Å². The molecule has 3 saturated heterocycles. The molecule has 1 spiro atoms. The lowest BCUT2D eigenvalue weighted by Crippen LogP contribution is -3.00. The number of halogens is 1. The fourth-order valence-electron chi connectivity index (χ4n) is 8.60. The van der Waals surface area contributed by atoms with Gasteiger partial charge >= 0.3 is 11.9 Å². The van der Waals surface area contributed by atoms with E-state index in [1.807, 2.05) is 60.7 Å². The van der Waals surface area contributed by atoms with Gasteiger partial charge < -0.3 is 26.4 Å². The summed E-state index contributed by atoms with van der Waals surface area (Å²) in [6, 6.07) is 20.2. The Kier molecular flexibility index (Phi) is 13.8. The largest absolute Gasteiger partial charge is 1.00 e. The highest BCUT2D eigenvalue weighted by atomic mass is 35.5. The van der Waals surface area contributed by atoms with E-state index in [1.54, 1.807) is 0 Å². The highest BCUT2D eigenvalue weighted by Crippen LogP contribution is 2.47. The molecular formula is C39H56ClNO4. The third-order valence-corrected chi connectivity index (χ3v) is 10.9. The molecule has 3 aliphatic heterocycles.